The molecule has 1 aromatic heterocycles. The van der Waals surface area contributed by atoms with Crippen molar-refractivity contribution in [2.24, 2.45) is 17.8 Å². The summed E-state index contributed by atoms with van der Waals surface area (Å²) in [4.78, 5) is 59.8. The average Bonchev–Trinajstić information content (AvgIpc) is 3.98. The Morgan fingerprint density at radius 2 is 1.84 bits per heavy atom. The highest BCUT2D eigenvalue weighted by Crippen LogP contribution is 2.46. The zero-order valence-electron chi connectivity index (χ0n) is 27.8. The summed E-state index contributed by atoms with van der Waals surface area (Å²) >= 11 is 0. The standard InChI is InChI=1S/C34H43N5O9S/c1-19-8-4-5-9-21-16-34(21,32(42)38-49(45,46)23-12-13-23)37-29(40)26-15-22(18-39(26)31(41)28(20(2)14-19)36-33(43)44)48-30-25-11-7-6-10-24(25)27(47-3)17-35-30/h5-7,9-11,17,19-23,26,28,36H,4,8,12-16,18H2,1-3H3,(H,37,40)(H,38,42)(H,43,44)/b9-5-/t19-,20+,21+,22+,26-,28-,34+/m0/s1. The van der Waals surface area contributed by atoms with Crippen LogP contribution < -0.4 is 24.8 Å². The Morgan fingerprint density at radius 1 is 1.10 bits per heavy atom. The van der Waals surface area contributed by atoms with Crippen LogP contribution in [0.25, 0.3) is 10.8 Å². The summed E-state index contributed by atoms with van der Waals surface area (Å²) in [5, 5.41) is 15.7. The molecule has 4 amide bonds. The molecule has 2 saturated carbocycles. The topological polar surface area (TPSA) is 193 Å². The van der Waals surface area contributed by atoms with Gasteiger partial charge in [0.25, 0.3) is 5.91 Å². The number of hydrogen-bond acceptors (Lipinski definition) is 9. The smallest absolute Gasteiger partial charge is 0.405 e. The van der Waals surface area contributed by atoms with Crippen molar-refractivity contribution in [1.82, 2.24) is 25.2 Å². The van der Waals surface area contributed by atoms with Gasteiger partial charge in [-0.05, 0) is 56.4 Å². The van der Waals surface area contributed by atoms with Crippen molar-refractivity contribution in [3.8, 4) is 11.6 Å². The Bertz CT molecular complexity index is 1780. The van der Waals surface area contributed by atoms with Gasteiger partial charge in [-0.3, -0.25) is 19.1 Å². The van der Waals surface area contributed by atoms with Gasteiger partial charge in [-0.1, -0.05) is 44.2 Å². The molecule has 0 bridgehead atoms. The number of aromatic nitrogens is 1. The van der Waals surface area contributed by atoms with E-state index in [1.165, 1.54) is 18.2 Å². The predicted octanol–water partition coefficient (Wildman–Crippen LogP) is 2.72. The highest BCUT2D eigenvalue weighted by atomic mass is 32.2. The van der Waals surface area contributed by atoms with E-state index in [1.54, 1.807) is 0 Å². The summed E-state index contributed by atoms with van der Waals surface area (Å²) in [5.74, 6) is -1.96. The molecule has 15 heteroatoms. The first-order valence-corrected chi connectivity index (χ1v) is 18.3. The largest absolute Gasteiger partial charge is 0.494 e. The number of benzene rings is 1. The number of pyridine rings is 1. The monoisotopic (exact) mass is 697 g/mol. The van der Waals surface area contributed by atoms with Gasteiger partial charge in [0.1, 0.15) is 29.5 Å². The molecular weight excluding hydrogens is 654 g/mol. The number of ether oxygens (including phenoxy) is 2. The SMILES string of the molecule is COc1cnc(O[C@@H]2C[C@H]3C(=O)N[C@]4(C(=O)NS(=O)(=O)C5CC5)C[C@H]4/C=C\CC[C@H](C)C[C@@H](C)[C@H](NC(=O)O)C(=O)N3C2)c2ccccc12. The van der Waals surface area contributed by atoms with E-state index < -0.39 is 74.7 Å². The Balaban J connectivity index is 1.34. The van der Waals surface area contributed by atoms with Gasteiger partial charge in [0.05, 0.1) is 25.1 Å². The predicted molar refractivity (Wildman–Crippen MR) is 178 cm³/mol. The summed E-state index contributed by atoms with van der Waals surface area (Å²) in [6, 6.07) is 5.06. The molecule has 6 rings (SSSR count). The van der Waals surface area contributed by atoms with Crippen LogP contribution in [0.3, 0.4) is 0 Å². The van der Waals surface area contributed by atoms with Crippen LogP contribution in [0.1, 0.15) is 58.8 Å². The maximum atomic E-state index is 14.3. The molecule has 2 aromatic rings. The first kappa shape index (κ1) is 34.5. The van der Waals surface area contributed by atoms with Gasteiger partial charge in [0, 0.05) is 23.1 Å². The summed E-state index contributed by atoms with van der Waals surface area (Å²) in [6.07, 6.45) is 6.30. The van der Waals surface area contributed by atoms with Crippen LogP contribution in [0.5, 0.6) is 11.6 Å². The number of nitrogens with one attached hydrogen (secondary N) is 3. The third kappa shape index (κ3) is 7.17. The number of methoxy groups -OCH3 is 1. The van der Waals surface area contributed by atoms with Gasteiger partial charge in [0.15, 0.2) is 0 Å². The molecule has 264 valence electrons. The maximum Gasteiger partial charge on any atom is 0.405 e. The molecule has 1 aromatic carbocycles. The summed E-state index contributed by atoms with van der Waals surface area (Å²) in [7, 11) is -2.36. The minimum atomic E-state index is -3.89. The Hall–Kier alpha value is -4.40. The van der Waals surface area contributed by atoms with Crippen molar-refractivity contribution in [1.29, 1.82) is 0 Å². The number of carboxylic acid groups (broad SMARTS) is 1. The number of carbonyl (C=O) groups excluding carboxylic acids is 3. The molecule has 2 aliphatic carbocycles. The lowest BCUT2D eigenvalue weighted by Gasteiger charge is -2.32. The highest BCUT2D eigenvalue weighted by molar-refractivity contribution is 7.91. The van der Waals surface area contributed by atoms with Crippen molar-refractivity contribution in [3.05, 3.63) is 42.6 Å². The molecule has 14 nitrogen and oxygen atoms in total. The van der Waals surface area contributed by atoms with E-state index >= 15 is 0 Å². The van der Waals surface area contributed by atoms with Crippen LogP contribution in [-0.4, -0.2) is 89.9 Å². The van der Waals surface area contributed by atoms with Crippen molar-refractivity contribution < 1.29 is 42.2 Å². The molecule has 7 atom stereocenters. The lowest BCUT2D eigenvalue weighted by molar-refractivity contribution is -0.142. The number of allylic oxidation sites excluding steroid dienone is 1. The van der Waals surface area contributed by atoms with Crippen LogP contribution in [0, 0.1) is 17.8 Å². The van der Waals surface area contributed by atoms with Crippen molar-refractivity contribution in [2.75, 3.05) is 13.7 Å². The Kier molecular flexibility index (Phi) is 9.48. The van der Waals surface area contributed by atoms with Gasteiger partial charge in [-0.15, -0.1) is 0 Å². The molecule has 0 spiro atoms. The van der Waals surface area contributed by atoms with E-state index in [1.807, 2.05) is 50.3 Å². The third-order valence-corrected chi connectivity index (χ3v) is 11.9. The zero-order chi connectivity index (χ0) is 35.1. The second-order valence-electron chi connectivity index (χ2n) is 13.9. The van der Waals surface area contributed by atoms with E-state index in [0.717, 1.165) is 11.8 Å². The minimum absolute atomic E-state index is 0.0166. The number of rotatable bonds is 7. The van der Waals surface area contributed by atoms with E-state index in [4.69, 9.17) is 9.47 Å². The number of hydrogen-bond donors (Lipinski definition) is 4. The summed E-state index contributed by atoms with van der Waals surface area (Å²) < 4.78 is 39.5. The summed E-state index contributed by atoms with van der Waals surface area (Å²) in [5.41, 5.74) is -1.52. The molecule has 4 N–H and O–H groups in total. The quantitative estimate of drug-likeness (QED) is 0.313. The fourth-order valence-corrected chi connectivity index (χ4v) is 8.55. The van der Waals surface area contributed by atoms with Gasteiger partial charge in [-0.2, -0.15) is 0 Å². The van der Waals surface area contributed by atoms with Gasteiger partial charge in [0.2, 0.25) is 27.7 Å². The van der Waals surface area contributed by atoms with Crippen LogP contribution in [-0.2, 0) is 24.4 Å². The molecule has 1 saturated heterocycles. The first-order chi connectivity index (χ1) is 23.3. The average molecular weight is 698 g/mol. The molecule has 3 fully saturated rings. The number of carbonyl (C=O) groups is 4. The molecule has 0 radical (unpaired) electrons. The Labute approximate surface area is 285 Å². The molecule has 0 unspecified atom stereocenters. The van der Waals surface area contributed by atoms with Crippen LogP contribution >= 0.6 is 0 Å². The Morgan fingerprint density at radius 3 is 2.53 bits per heavy atom. The molecule has 2 aliphatic heterocycles. The van der Waals surface area contributed by atoms with Gasteiger partial charge >= 0.3 is 6.09 Å². The van der Waals surface area contributed by atoms with Crippen molar-refractivity contribution in [3.63, 3.8) is 0 Å². The van der Waals surface area contributed by atoms with E-state index in [2.05, 4.69) is 20.3 Å². The second kappa shape index (κ2) is 13.5. The number of sulfonamides is 1. The van der Waals surface area contributed by atoms with Crippen LogP contribution in [0.15, 0.2) is 42.6 Å². The summed E-state index contributed by atoms with van der Waals surface area (Å²) in [6.45, 7) is 3.78. The van der Waals surface area contributed by atoms with E-state index in [0.29, 0.717) is 36.8 Å². The van der Waals surface area contributed by atoms with Gasteiger partial charge in [-0.25, -0.2) is 18.2 Å². The number of nitrogens with zero attached hydrogens (tertiary/aromatic N) is 2. The normalized spacial score (nSPS) is 31.3. The lowest BCUT2D eigenvalue weighted by Crippen LogP contribution is -2.59. The van der Waals surface area contributed by atoms with Gasteiger partial charge < -0.3 is 30.1 Å². The van der Waals surface area contributed by atoms with E-state index in [9.17, 15) is 32.7 Å². The number of amides is 4. The van der Waals surface area contributed by atoms with Crippen molar-refractivity contribution >= 4 is 44.6 Å². The lowest BCUT2D eigenvalue weighted by atomic mass is 9.88. The molecule has 3 heterocycles. The maximum absolute atomic E-state index is 14.3. The van der Waals surface area contributed by atoms with Crippen LogP contribution in [0.4, 0.5) is 4.79 Å². The van der Waals surface area contributed by atoms with Crippen molar-refractivity contribution in [2.45, 2.75) is 87.8 Å². The molecule has 49 heavy (non-hydrogen) atoms. The zero-order valence-corrected chi connectivity index (χ0v) is 28.6. The highest BCUT2D eigenvalue weighted by Gasteiger charge is 2.62. The number of fused-ring (bicyclic) bond motifs is 3. The second-order valence-corrected chi connectivity index (χ2v) is 15.8. The molecule has 4 aliphatic rings. The van der Waals surface area contributed by atoms with Crippen LogP contribution in [0.2, 0.25) is 0 Å². The van der Waals surface area contributed by atoms with E-state index in [-0.39, 0.29) is 31.2 Å². The third-order valence-electron chi connectivity index (χ3n) is 10.1. The fraction of sp³-hybridized carbons (Fsp3) is 0.559. The fourth-order valence-electron chi connectivity index (χ4n) is 7.19. The molecular formula is C34H43N5O9S. The first-order valence-electron chi connectivity index (χ1n) is 16.8. The minimum Gasteiger partial charge on any atom is -0.494 e.